The number of allylic oxidation sites excluding steroid dienone is 8. The lowest BCUT2D eigenvalue weighted by Gasteiger charge is -2.18. The van der Waals surface area contributed by atoms with E-state index < -0.39 is 6.10 Å². The summed E-state index contributed by atoms with van der Waals surface area (Å²) in [6.07, 6.45) is 71.3. The van der Waals surface area contributed by atoms with Gasteiger partial charge in [-0.2, -0.15) is 0 Å². The lowest BCUT2D eigenvalue weighted by molar-refractivity contribution is -0.163. The van der Waals surface area contributed by atoms with Crippen molar-refractivity contribution in [1.82, 2.24) is 0 Å². The topological polar surface area (TPSA) is 61.8 Å². The van der Waals surface area contributed by atoms with Crippen LogP contribution in [0.1, 0.15) is 303 Å². The summed E-state index contributed by atoms with van der Waals surface area (Å²) >= 11 is 0. The summed E-state index contributed by atoms with van der Waals surface area (Å²) in [7, 11) is 0. The van der Waals surface area contributed by atoms with Crippen LogP contribution in [-0.4, -0.2) is 37.9 Å². The van der Waals surface area contributed by atoms with Gasteiger partial charge in [0.2, 0.25) is 0 Å². The van der Waals surface area contributed by atoms with Gasteiger partial charge in [0.05, 0.1) is 6.61 Å². The molecule has 1 unspecified atom stereocenters. The minimum atomic E-state index is -0.542. The molecule has 0 aliphatic carbocycles. The van der Waals surface area contributed by atoms with E-state index in [9.17, 15) is 9.59 Å². The van der Waals surface area contributed by atoms with Gasteiger partial charge < -0.3 is 14.2 Å². The van der Waals surface area contributed by atoms with Crippen molar-refractivity contribution in [3.8, 4) is 0 Å². The van der Waals surface area contributed by atoms with E-state index in [0.29, 0.717) is 19.4 Å². The Bertz CT molecular complexity index is 1090. The Balaban J connectivity index is 4.23. The summed E-state index contributed by atoms with van der Waals surface area (Å²) in [5, 5.41) is 0. The predicted octanol–water partition coefficient (Wildman–Crippen LogP) is 19.9. The quantitative estimate of drug-likeness (QED) is 0.0345. The summed E-state index contributed by atoms with van der Waals surface area (Å²) in [5.41, 5.74) is 0. The first-order valence-corrected chi connectivity index (χ1v) is 29.2. The molecule has 0 rings (SSSR count). The van der Waals surface area contributed by atoms with Crippen LogP contribution in [0.3, 0.4) is 0 Å². The zero-order chi connectivity index (χ0) is 47.7. The van der Waals surface area contributed by atoms with E-state index in [1.54, 1.807) is 0 Å². The molecule has 0 bridgehead atoms. The second-order valence-electron chi connectivity index (χ2n) is 19.5. The van der Waals surface area contributed by atoms with Crippen molar-refractivity contribution in [2.24, 2.45) is 0 Å². The first-order chi connectivity index (χ1) is 32.6. The Morgan fingerprint density at radius 3 is 1.12 bits per heavy atom. The summed E-state index contributed by atoms with van der Waals surface area (Å²) in [4.78, 5) is 25.5. The van der Waals surface area contributed by atoms with Crippen LogP contribution < -0.4 is 0 Å². The van der Waals surface area contributed by atoms with Gasteiger partial charge in [0.25, 0.3) is 0 Å². The first kappa shape index (κ1) is 63.9. The second-order valence-corrected chi connectivity index (χ2v) is 19.5. The van der Waals surface area contributed by atoms with Crippen LogP contribution >= 0.6 is 0 Å². The highest BCUT2D eigenvalue weighted by Crippen LogP contribution is 2.16. The van der Waals surface area contributed by atoms with E-state index in [2.05, 4.69) is 69.4 Å². The van der Waals surface area contributed by atoms with Gasteiger partial charge in [0.15, 0.2) is 6.10 Å². The van der Waals surface area contributed by atoms with Crippen molar-refractivity contribution >= 4 is 11.9 Å². The van der Waals surface area contributed by atoms with Crippen molar-refractivity contribution in [2.45, 2.75) is 309 Å². The van der Waals surface area contributed by atoms with Gasteiger partial charge in [-0.05, 0) is 77.0 Å². The van der Waals surface area contributed by atoms with Crippen molar-refractivity contribution in [2.75, 3.05) is 19.8 Å². The van der Waals surface area contributed by atoms with E-state index in [0.717, 1.165) is 70.6 Å². The number of hydrogen-bond acceptors (Lipinski definition) is 5. The molecule has 0 aromatic heterocycles. The Kier molecular flexibility index (Phi) is 55.3. The fraction of sp³-hybridized carbons (Fsp3) is 0.836. The van der Waals surface area contributed by atoms with Gasteiger partial charge in [-0.1, -0.05) is 262 Å². The molecule has 0 fully saturated rings. The monoisotopic (exact) mass is 925 g/mol. The Morgan fingerprint density at radius 2 is 0.682 bits per heavy atom. The maximum absolute atomic E-state index is 12.9. The number of carbonyl (C=O) groups excluding carboxylic acids is 2. The van der Waals surface area contributed by atoms with Crippen LogP contribution in [0.15, 0.2) is 48.6 Å². The highest BCUT2D eigenvalue weighted by molar-refractivity contribution is 5.70. The lowest BCUT2D eigenvalue weighted by atomic mass is 10.0. The minimum Gasteiger partial charge on any atom is -0.462 e. The molecule has 5 heteroatoms. The maximum atomic E-state index is 12.9. The molecule has 0 radical (unpaired) electrons. The molecule has 1 atom stereocenters. The molecular formula is C61H112O5. The van der Waals surface area contributed by atoms with Gasteiger partial charge >= 0.3 is 11.9 Å². The number of unbranched alkanes of at least 4 members (excludes halogenated alkanes) is 35. The fourth-order valence-electron chi connectivity index (χ4n) is 8.52. The normalized spacial score (nSPS) is 12.5. The molecular weight excluding hydrogens is 813 g/mol. The van der Waals surface area contributed by atoms with Crippen LogP contribution in [0, 0.1) is 0 Å². The average molecular weight is 926 g/mol. The summed E-state index contributed by atoms with van der Waals surface area (Å²) < 4.78 is 17.5. The molecule has 0 saturated carbocycles. The number of rotatable bonds is 54. The molecule has 66 heavy (non-hydrogen) atoms. The molecule has 0 amide bonds. The van der Waals surface area contributed by atoms with Crippen molar-refractivity contribution in [3.05, 3.63) is 48.6 Å². The third-order valence-corrected chi connectivity index (χ3v) is 12.8. The van der Waals surface area contributed by atoms with E-state index in [4.69, 9.17) is 14.2 Å². The van der Waals surface area contributed by atoms with Crippen LogP contribution in [0.25, 0.3) is 0 Å². The highest BCUT2D eigenvalue weighted by Gasteiger charge is 2.17. The van der Waals surface area contributed by atoms with E-state index in [1.807, 2.05) is 0 Å². The number of esters is 2. The van der Waals surface area contributed by atoms with Gasteiger partial charge in [0.1, 0.15) is 6.61 Å². The predicted molar refractivity (Wildman–Crippen MR) is 288 cm³/mol. The molecule has 386 valence electrons. The third-order valence-electron chi connectivity index (χ3n) is 12.8. The SMILES string of the molecule is CC/C=C\C/C=C\C/C=C\CCCCCCCCCC(=O)OC(COCCCCCCCC/C=C\CCCCCC)COC(=O)CCCCCCCCCCCCCCCCCCCCC. The van der Waals surface area contributed by atoms with Crippen molar-refractivity contribution in [3.63, 3.8) is 0 Å². The number of ether oxygens (including phenoxy) is 3. The first-order valence-electron chi connectivity index (χ1n) is 29.2. The molecule has 5 nitrogen and oxygen atoms in total. The molecule has 0 saturated heterocycles. The molecule has 0 aliphatic rings. The van der Waals surface area contributed by atoms with Gasteiger partial charge in [-0.3, -0.25) is 9.59 Å². The standard InChI is InChI=1S/C61H112O5/c1-4-7-10-13-16-19-22-25-28-30-31-33-34-36-39-42-45-48-51-54-60(62)65-58-59(57-64-56-53-50-47-44-41-38-27-24-21-18-15-12-9-6-3)66-61(63)55-52-49-46-43-40-37-35-32-29-26-23-20-17-14-11-8-5-2/h8,11,17,20-21,24,26,29,59H,4-7,9-10,12-16,18-19,22-23,25,27-28,30-58H2,1-3H3/b11-8-,20-17-,24-21-,29-26-. The van der Waals surface area contributed by atoms with Crippen LogP contribution in [0.5, 0.6) is 0 Å². The lowest BCUT2D eigenvalue weighted by Crippen LogP contribution is -2.30. The summed E-state index contributed by atoms with van der Waals surface area (Å²) in [5.74, 6) is -0.395. The zero-order valence-corrected chi connectivity index (χ0v) is 44.5. The molecule has 0 aromatic carbocycles. The fourth-order valence-corrected chi connectivity index (χ4v) is 8.52. The minimum absolute atomic E-state index is 0.0828. The van der Waals surface area contributed by atoms with Crippen LogP contribution in [0.2, 0.25) is 0 Å². The van der Waals surface area contributed by atoms with Crippen LogP contribution in [0.4, 0.5) is 0 Å². The molecule has 0 heterocycles. The Labute approximate surface area is 412 Å². The molecule has 0 spiro atoms. The van der Waals surface area contributed by atoms with E-state index in [1.165, 1.54) is 199 Å². The van der Waals surface area contributed by atoms with Crippen LogP contribution in [-0.2, 0) is 23.8 Å². The van der Waals surface area contributed by atoms with Crippen molar-refractivity contribution in [1.29, 1.82) is 0 Å². The maximum Gasteiger partial charge on any atom is 0.306 e. The summed E-state index contributed by atoms with van der Waals surface area (Å²) in [6, 6.07) is 0. The Hall–Kier alpha value is -2.14. The molecule has 0 aromatic rings. The smallest absolute Gasteiger partial charge is 0.306 e. The van der Waals surface area contributed by atoms with Gasteiger partial charge in [-0.15, -0.1) is 0 Å². The van der Waals surface area contributed by atoms with E-state index >= 15 is 0 Å². The molecule has 0 N–H and O–H groups in total. The van der Waals surface area contributed by atoms with E-state index in [-0.39, 0.29) is 25.2 Å². The largest absolute Gasteiger partial charge is 0.462 e. The van der Waals surface area contributed by atoms with Crippen molar-refractivity contribution < 1.29 is 23.8 Å². The zero-order valence-electron chi connectivity index (χ0n) is 44.5. The average Bonchev–Trinajstić information content (AvgIpc) is 3.32. The van der Waals surface area contributed by atoms with Gasteiger partial charge in [-0.25, -0.2) is 0 Å². The summed E-state index contributed by atoms with van der Waals surface area (Å²) in [6.45, 7) is 7.74. The Morgan fingerprint density at radius 1 is 0.348 bits per heavy atom. The number of hydrogen-bond donors (Lipinski definition) is 0. The molecule has 0 aliphatic heterocycles. The number of carbonyl (C=O) groups is 2. The van der Waals surface area contributed by atoms with Gasteiger partial charge in [0, 0.05) is 19.4 Å². The highest BCUT2D eigenvalue weighted by atomic mass is 16.6. The third kappa shape index (κ3) is 54.5. The second kappa shape index (κ2) is 57.2.